The summed E-state index contributed by atoms with van der Waals surface area (Å²) in [6.45, 7) is -0.368. The molecule has 16 heavy (non-hydrogen) atoms. The highest BCUT2D eigenvalue weighted by Crippen LogP contribution is 2.63. The van der Waals surface area contributed by atoms with Crippen molar-refractivity contribution in [1.82, 2.24) is 0 Å². The van der Waals surface area contributed by atoms with Crippen LogP contribution in [0.1, 0.15) is 6.92 Å². The first kappa shape index (κ1) is 14.2. The first-order valence-corrected chi connectivity index (χ1v) is 7.10. The average molecular weight is 278 g/mol. The fourth-order valence-electron chi connectivity index (χ4n) is 0.970. The van der Waals surface area contributed by atoms with Crippen molar-refractivity contribution in [2.24, 2.45) is 0 Å². The molecule has 0 bridgehead atoms. The molecule has 0 spiro atoms. The van der Waals surface area contributed by atoms with Crippen LogP contribution in [0.3, 0.4) is 0 Å². The van der Waals surface area contributed by atoms with Gasteiger partial charge >= 0.3 is 15.6 Å². The molecule has 96 valence electrons. The van der Waals surface area contributed by atoms with Gasteiger partial charge in [-0.3, -0.25) is 9.05 Å². The predicted octanol–water partition coefficient (Wildman–Crippen LogP) is -0.638. The van der Waals surface area contributed by atoms with Crippen LogP contribution in [0, 0.1) is 0 Å². The van der Waals surface area contributed by atoms with Crippen molar-refractivity contribution in [2.75, 3.05) is 13.2 Å². The highest BCUT2D eigenvalue weighted by Gasteiger charge is 2.48. The lowest BCUT2D eigenvalue weighted by Crippen LogP contribution is -2.47. The van der Waals surface area contributed by atoms with Crippen LogP contribution in [-0.2, 0) is 22.5 Å². The van der Waals surface area contributed by atoms with E-state index >= 15 is 0 Å². The normalized spacial score (nSPS) is 50.7. The molecule has 1 fully saturated rings. The van der Waals surface area contributed by atoms with Gasteiger partial charge in [0.15, 0.2) is 0 Å². The molecule has 11 heteroatoms. The van der Waals surface area contributed by atoms with E-state index in [1.54, 1.807) is 0 Å². The second-order valence-corrected chi connectivity index (χ2v) is 6.36. The summed E-state index contributed by atoms with van der Waals surface area (Å²) in [7, 11) is -9.68. The van der Waals surface area contributed by atoms with Gasteiger partial charge in [0.25, 0.3) is 0 Å². The standard InChI is InChI=1S/C5H12O9P2/c1-5(3-6)4(7)2-12-15(8,9)14-16(10,11)13-5/h4,6-7H,2-3H2,1H3,(H,8,9)(H,10,11)/t4?,5-/m0/s1. The summed E-state index contributed by atoms with van der Waals surface area (Å²) in [4.78, 5) is 18.0. The molecule has 1 saturated heterocycles. The first-order valence-electron chi connectivity index (χ1n) is 4.11. The lowest BCUT2D eigenvalue weighted by Gasteiger charge is -2.35. The maximum atomic E-state index is 11.2. The second kappa shape index (κ2) is 4.45. The van der Waals surface area contributed by atoms with Gasteiger partial charge in [0.05, 0.1) is 13.2 Å². The smallest absolute Gasteiger partial charge is 0.393 e. The summed E-state index contributed by atoms with van der Waals surface area (Å²) in [5.41, 5.74) is -1.83. The Hall–Kier alpha value is 0.180. The number of phosphoric ester groups is 2. The number of hydrogen-bond acceptors (Lipinski definition) is 7. The number of aliphatic hydroxyl groups is 2. The first-order chi connectivity index (χ1) is 7.10. The zero-order chi connectivity index (χ0) is 12.6. The molecule has 1 aliphatic rings. The third-order valence-electron chi connectivity index (χ3n) is 1.94. The Morgan fingerprint density at radius 1 is 1.38 bits per heavy atom. The fourth-order valence-corrected chi connectivity index (χ4v) is 3.37. The van der Waals surface area contributed by atoms with Crippen molar-refractivity contribution in [3.05, 3.63) is 0 Å². The largest absolute Gasteiger partial charge is 0.481 e. The maximum absolute atomic E-state index is 11.2. The zero-order valence-electron chi connectivity index (χ0n) is 8.22. The van der Waals surface area contributed by atoms with Gasteiger partial charge in [0.1, 0.15) is 11.7 Å². The molecule has 0 aromatic rings. The van der Waals surface area contributed by atoms with Crippen molar-refractivity contribution < 1.29 is 42.5 Å². The maximum Gasteiger partial charge on any atom is 0.481 e. The van der Waals surface area contributed by atoms with E-state index in [1.165, 1.54) is 0 Å². The van der Waals surface area contributed by atoms with Crippen LogP contribution in [0.2, 0.25) is 0 Å². The van der Waals surface area contributed by atoms with Crippen LogP contribution >= 0.6 is 15.6 Å². The molecular weight excluding hydrogens is 266 g/mol. The van der Waals surface area contributed by atoms with E-state index in [4.69, 9.17) is 14.9 Å². The molecule has 4 atom stereocenters. The number of aliphatic hydroxyl groups excluding tert-OH is 2. The summed E-state index contributed by atoms with van der Waals surface area (Å²) in [5.74, 6) is 0. The monoisotopic (exact) mass is 278 g/mol. The lowest BCUT2D eigenvalue weighted by atomic mass is 10.0. The van der Waals surface area contributed by atoms with E-state index in [9.17, 15) is 14.2 Å². The van der Waals surface area contributed by atoms with Gasteiger partial charge in [-0.25, -0.2) is 9.13 Å². The second-order valence-electron chi connectivity index (χ2n) is 3.39. The average Bonchev–Trinajstić information content (AvgIpc) is 2.10. The van der Waals surface area contributed by atoms with Gasteiger partial charge in [-0.2, -0.15) is 4.31 Å². The summed E-state index contributed by atoms with van der Waals surface area (Å²) >= 11 is 0. The van der Waals surface area contributed by atoms with E-state index in [0.29, 0.717) is 0 Å². The Bertz CT molecular complexity index is 356. The Balaban J connectivity index is 3.01. The van der Waals surface area contributed by atoms with Crippen LogP contribution in [0.5, 0.6) is 0 Å². The third kappa shape index (κ3) is 3.33. The van der Waals surface area contributed by atoms with Crippen LogP contribution in [0.15, 0.2) is 0 Å². The number of phosphoric acid groups is 2. The molecule has 0 aromatic carbocycles. The third-order valence-corrected chi connectivity index (χ3v) is 4.72. The van der Waals surface area contributed by atoms with Gasteiger partial charge in [-0.05, 0) is 6.92 Å². The van der Waals surface area contributed by atoms with Gasteiger partial charge in [0.2, 0.25) is 0 Å². The summed E-state index contributed by atoms with van der Waals surface area (Å²) < 4.78 is 34.7. The van der Waals surface area contributed by atoms with E-state index in [-0.39, 0.29) is 0 Å². The van der Waals surface area contributed by atoms with Crippen molar-refractivity contribution in [1.29, 1.82) is 0 Å². The van der Waals surface area contributed by atoms with Gasteiger partial charge in [0, 0.05) is 0 Å². The van der Waals surface area contributed by atoms with Gasteiger partial charge < -0.3 is 20.0 Å². The van der Waals surface area contributed by atoms with Crippen LogP contribution < -0.4 is 0 Å². The van der Waals surface area contributed by atoms with E-state index in [2.05, 4.69) is 13.4 Å². The summed E-state index contributed by atoms with van der Waals surface area (Å²) in [5, 5.41) is 18.4. The summed E-state index contributed by atoms with van der Waals surface area (Å²) in [6, 6.07) is 0. The summed E-state index contributed by atoms with van der Waals surface area (Å²) in [6.07, 6.45) is -1.57. The van der Waals surface area contributed by atoms with Crippen molar-refractivity contribution in [3.8, 4) is 0 Å². The minimum absolute atomic E-state index is 0.690. The quantitative estimate of drug-likeness (QED) is 0.460. The molecule has 1 heterocycles. The Morgan fingerprint density at radius 3 is 2.44 bits per heavy atom. The molecule has 0 aromatic heterocycles. The topological polar surface area (TPSA) is 143 Å². The van der Waals surface area contributed by atoms with Crippen LogP contribution in [-0.4, -0.2) is 44.9 Å². The predicted molar refractivity (Wildman–Crippen MR) is 49.3 cm³/mol. The molecular formula is C5H12O9P2. The molecule has 9 nitrogen and oxygen atoms in total. The highest BCUT2D eigenvalue weighted by molar-refractivity contribution is 7.61. The van der Waals surface area contributed by atoms with Crippen molar-refractivity contribution in [2.45, 2.75) is 18.6 Å². The molecule has 4 N–H and O–H groups in total. The lowest BCUT2D eigenvalue weighted by molar-refractivity contribution is -0.109. The molecule has 1 rings (SSSR count). The molecule has 1 aliphatic heterocycles. The van der Waals surface area contributed by atoms with Crippen molar-refractivity contribution in [3.63, 3.8) is 0 Å². The van der Waals surface area contributed by atoms with Crippen molar-refractivity contribution >= 4 is 15.6 Å². The van der Waals surface area contributed by atoms with Crippen LogP contribution in [0.4, 0.5) is 0 Å². The molecule has 0 radical (unpaired) electrons. The zero-order valence-corrected chi connectivity index (χ0v) is 10.0. The Kier molecular flexibility index (Phi) is 3.96. The van der Waals surface area contributed by atoms with Gasteiger partial charge in [-0.1, -0.05) is 0 Å². The Morgan fingerprint density at radius 2 is 1.94 bits per heavy atom. The van der Waals surface area contributed by atoms with Crippen LogP contribution in [0.25, 0.3) is 0 Å². The molecule has 0 aliphatic carbocycles. The minimum atomic E-state index is -4.91. The molecule has 0 saturated carbocycles. The fraction of sp³-hybridized carbons (Fsp3) is 1.00. The molecule has 3 unspecified atom stereocenters. The Labute approximate surface area is 90.8 Å². The minimum Gasteiger partial charge on any atom is -0.393 e. The SMILES string of the molecule is C[C@@]1(CO)OP(=O)(O)OP(=O)(O)OCC1O. The molecule has 0 amide bonds. The number of hydrogen-bond donors (Lipinski definition) is 4. The van der Waals surface area contributed by atoms with E-state index in [0.717, 1.165) is 6.92 Å². The van der Waals surface area contributed by atoms with E-state index in [1.807, 2.05) is 0 Å². The van der Waals surface area contributed by atoms with E-state index < -0.39 is 40.6 Å². The van der Waals surface area contributed by atoms with Gasteiger partial charge in [-0.15, -0.1) is 0 Å². The number of rotatable bonds is 1. The highest BCUT2D eigenvalue weighted by atomic mass is 31.3.